The van der Waals surface area contributed by atoms with E-state index in [0.29, 0.717) is 17.5 Å². The van der Waals surface area contributed by atoms with E-state index < -0.39 is 0 Å². The number of rotatable bonds is 5. The highest BCUT2D eigenvalue weighted by Crippen LogP contribution is 2.36. The van der Waals surface area contributed by atoms with Gasteiger partial charge in [-0.3, -0.25) is 0 Å². The van der Waals surface area contributed by atoms with Gasteiger partial charge in [-0.05, 0) is 46.5 Å². The molecule has 6 aromatic carbocycles. The van der Waals surface area contributed by atoms with Crippen molar-refractivity contribution in [3.63, 3.8) is 0 Å². The van der Waals surface area contributed by atoms with Crippen molar-refractivity contribution in [1.82, 2.24) is 24.9 Å². The summed E-state index contributed by atoms with van der Waals surface area (Å²) in [5.41, 5.74) is 10.1. The van der Waals surface area contributed by atoms with Crippen LogP contribution in [0.5, 0.6) is 0 Å². The second-order valence-corrected chi connectivity index (χ2v) is 12.4. The van der Waals surface area contributed by atoms with Gasteiger partial charge in [0.25, 0.3) is 0 Å². The molecule has 0 N–H and O–H groups in total. The second-order valence-electron chi connectivity index (χ2n) is 11.4. The first kappa shape index (κ1) is 27.2. The molecular weight excluding hydrogens is 595 g/mol. The van der Waals surface area contributed by atoms with Crippen LogP contribution in [-0.2, 0) is 0 Å². The lowest BCUT2D eigenvalue weighted by atomic mass is 10.0. The van der Waals surface area contributed by atoms with Crippen LogP contribution in [0.3, 0.4) is 0 Å². The summed E-state index contributed by atoms with van der Waals surface area (Å²) in [6, 6.07) is 51.9. The van der Waals surface area contributed by atoms with Gasteiger partial charge in [-0.2, -0.15) is 0 Å². The molecule has 6 heteroatoms. The number of thiophene rings is 1. The maximum absolute atomic E-state index is 5.01. The zero-order valence-electron chi connectivity index (χ0n) is 25.1. The number of nitrogens with zero attached hydrogens (tertiary/aromatic N) is 5. The molecular formula is C41H25N5S. The molecule has 9 aromatic rings. The predicted octanol–water partition coefficient (Wildman–Crippen LogP) is 10.5. The fourth-order valence-electron chi connectivity index (χ4n) is 5.95. The highest BCUT2D eigenvalue weighted by molar-refractivity contribution is 7.25. The highest BCUT2D eigenvalue weighted by Gasteiger charge is 2.15. The molecule has 0 aliphatic carbocycles. The smallest absolute Gasteiger partial charge is 0.164 e. The van der Waals surface area contributed by atoms with Crippen molar-refractivity contribution in [2.45, 2.75) is 0 Å². The topological polar surface area (TPSA) is 64.5 Å². The largest absolute Gasteiger partial charge is 0.243 e. The summed E-state index contributed by atoms with van der Waals surface area (Å²) < 4.78 is 1.16. The van der Waals surface area contributed by atoms with Gasteiger partial charge in [-0.15, -0.1) is 11.3 Å². The quantitative estimate of drug-likeness (QED) is 0.192. The third kappa shape index (κ3) is 5.11. The van der Waals surface area contributed by atoms with Crippen LogP contribution >= 0.6 is 11.3 Å². The van der Waals surface area contributed by atoms with Gasteiger partial charge in [0.05, 0.1) is 11.0 Å². The summed E-state index contributed by atoms with van der Waals surface area (Å²) >= 11 is 1.68. The van der Waals surface area contributed by atoms with Gasteiger partial charge < -0.3 is 0 Å². The molecule has 220 valence electrons. The number of benzene rings is 6. The third-order valence-corrected chi connectivity index (χ3v) is 9.39. The van der Waals surface area contributed by atoms with Crippen LogP contribution in [0.1, 0.15) is 0 Å². The zero-order valence-corrected chi connectivity index (χ0v) is 25.9. The van der Waals surface area contributed by atoms with Crippen LogP contribution < -0.4 is 0 Å². The zero-order chi connectivity index (χ0) is 31.2. The third-order valence-electron chi connectivity index (χ3n) is 8.35. The van der Waals surface area contributed by atoms with Gasteiger partial charge in [0.2, 0.25) is 0 Å². The van der Waals surface area contributed by atoms with Crippen molar-refractivity contribution in [2.24, 2.45) is 0 Å². The first-order chi connectivity index (χ1) is 23.2. The van der Waals surface area contributed by atoms with E-state index in [1.807, 2.05) is 60.7 Å². The van der Waals surface area contributed by atoms with Gasteiger partial charge >= 0.3 is 0 Å². The minimum atomic E-state index is 0.630. The molecule has 0 amide bonds. The summed E-state index contributed by atoms with van der Waals surface area (Å²) in [5, 5.41) is 1.12. The Morgan fingerprint density at radius 1 is 0.340 bits per heavy atom. The van der Waals surface area contributed by atoms with E-state index in [9.17, 15) is 0 Å². The lowest BCUT2D eigenvalue weighted by Gasteiger charge is -2.10. The molecule has 3 heterocycles. The minimum Gasteiger partial charge on any atom is -0.243 e. The monoisotopic (exact) mass is 619 g/mol. The molecule has 0 spiro atoms. The Morgan fingerprint density at radius 2 is 0.830 bits per heavy atom. The van der Waals surface area contributed by atoms with Crippen molar-refractivity contribution in [3.8, 4) is 56.4 Å². The van der Waals surface area contributed by atoms with Crippen LogP contribution in [0.25, 0.3) is 87.9 Å². The van der Waals surface area contributed by atoms with Gasteiger partial charge in [0, 0.05) is 26.8 Å². The molecule has 0 aliphatic rings. The summed E-state index contributed by atoms with van der Waals surface area (Å²) in [4.78, 5) is 25.7. The normalized spacial score (nSPS) is 11.4. The van der Waals surface area contributed by atoms with Crippen molar-refractivity contribution in [1.29, 1.82) is 0 Å². The summed E-state index contributed by atoms with van der Waals surface area (Å²) in [5.74, 6) is 1.91. The lowest BCUT2D eigenvalue weighted by molar-refractivity contribution is 1.07. The molecule has 0 bridgehead atoms. The average molecular weight is 620 g/mol. The van der Waals surface area contributed by atoms with E-state index >= 15 is 0 Å². The maximum atomic E-state index is 5.01. The van der Waals surface area contributed by atoms with Crippen molar-refractivity contribution in [2.75, 3.05) is 0 Å². The van der Waals surface area contributed by atoms with E-state index in [1.165, 1.54) is 5.56 Å². The Labute approximate surface area is 275 Å². The Hall–Kier alpha value is -6.11. The molecule has 0 unspecified atom stereocenters. The average Bonchev–Trinajstić information content (AvgIpc) is 3.51. The van der Waals surface area contributed by atoms with Gasteiger partial charge in [0.1, 0.15) is 10.3 Å². The summed E-state index contributed by atoms with van der Waals surface area (Å²) in [6.07, 6.45) is 0. The van der Waals surface area contributed by atoms with Crippen LogP contribution in [0, 0.1) is 0 Å². The Kier molecular flexibility index (Phi) is 6.58. The fraction of sp³-hybridized carbons (Fsp3) is 0. The predicted molar refractivity (Wildman–Crippen MR) is 193 cm³/mol. The van der Waals surface area contributed by atoms with E-state index in [0.717, 1.165) is 64.8 Å². The molecule has 3 aromatic heterocycles. The second kappa shape index (κ2) is 11.4. The standard InChI is InChI=1S/C41H25N5S/c1-3-10-26(11-4-1)27-18-20-29(21-19-27)39-44-38(28-12-5-2-6-13-28)45-40(46-39)32-15-9-14-30(24-32)31-22-23-33-36(25-31)47-41-37(33)42-34-16-7-8-17-35(34)43-41/h1-25H. The number of hydrogen-bond donors (Lipinski definition) is 0. The molecule has 0 saturated carbocycles. The highest BCUT2D eigenvalue weighted by atomic mass is 32.1. The van der Waals surface area contributed by atoms with E-state index in [1.54, 1.807) is 11.3 Å². The molecule has 0 saturated heterocycles. The van der Waals surface area contributed by atoms with Crippen LogP contribution in [0.2, 0.25) is 0 Å². The number of hydrogen-bond acceptors (Lipinski definition) is 6. The van der Waals surface area contributed by atoms with Crippen molar-refractivity contribution >= 4 is 42.8 Å². The fourth-order valence-corrected chi connectivity index (χ4v) is 7.01. The SMILES string of the molecule is c1ccc(-c2ccc(-c3nc(-c4ccccc4)nc(-c4cccc(-c5ccc6c(c5)sc5nc7ccccc7nc56)c4)n3)cc2)cc1. The molecule has 0 radical (unpaired) electrons. The minimum absolute atomic E-state index is 0.630. The summed E-state index contributed by atoms with van der Waals surface area (Å²) in [6.45, 7) is 0. The number of fused-ring (bicyclic) bond motifs is 4. The lowest BCUT2D eigenvalue weighted by Crippen LogP contribution is -2.00. The van der Waals surface area contributed by atoms with Crippen LogP contribution in [0.15, 0.2) is 152 Å². The van der Waals surface area contributed by atoms with Gasteiger partial charge in [-0.1, -0.05) is 127 Å². The van der Waals surface area contributed by atoms with E-state index in [4.69, 9.17) is 24.9 Å². The molecule has 5 nitrogen and oxygen atoms in total. The molecule has 9 rings (SSSR count). The van der Waals surface area contributed by atoms with Crippen molar-refractivity contribution < 1.29 is 0 Å². The Balaban J connectivity index is 1.12. The van der Waals surface area contributed by atoms with E-state index in [-0.39, 0.29) is 0 Å². The molecule has 0 aliphatic heterocycles. The van der Waals surface area contributed by atoms with Crippen LogP contribution in [0.4, 0.5) is 0 Å². The molecule has 0 fully saturated rings. The maximum Gasteiger partial charge on any atom is 0.164 e. The van der Waals surface area contributed by atoms with Gasteiger partial charge in [0.15, 0.2) is 17.5 Å². The molecule has 0 atom stereocenters. The Bertz CT molecular complexity index is 2560. The van der Waals surface area contributed by atoms with Gasteiger partial charge in [-0.25, -0.2) is 24.9 Å². The Morgan fingerprint density at radius 3 is 1.55 bits per heavy atom. The first-order valence-corrected chi connectivity index (χ1v) is 16.2. The summed E-state index contributed by atoms with van der Waals surface area (Å²) in [7, 11) is 0. The van der Waals surface area contributed by atoms with E-state index in [2.05, 4.69) is 91.0 Å². The first-order valence-electron chi connectivity index (χ1n) is 15.4. The number of aromatic nitrogens is 5. The molecule has 47 heavy (non-hydrogen) atoms. The van der Waals surface area contributed by atoms with Crippen molar-refractivity contribution in [3.05, 3.63) is 152 Å². The van der Waals surface area contributed by atoms with Crippen LogP contribution in [-0.4, -0.2) is 24.9 Å². The number of para-hydroxylation sites is 2.